The quantitative estimate of drug-likeness (QED) is 0.688. The molecule has 0 unspecified atom stereocenters. The van der Waals surface area contributed by atoms with E-state index in [0.717, 1.165) is 25.4 Å². The summed E-state index contributed by atoms with van der Waals surface area (Å²) in [5.74, 6) is 1.41. The van der Waals surface area contributed by atoms with Crippen LogP contribution in [0.4, 0.5) is 0 Å². The summed E-state index contributed by atoms with van der Waals surface area (Å²) < 4.78 is 5.44. The fourth-order valence-electron chi connectivity index (χ4n) is 1.04. The molecule has 0 atom stereocenters. The SMILES string of the molecule is c1ncc(OCC2CNC2)cn1. The van der Waals surface area contributed by atoms with Crippen LogP contribution in [0.15, 0.2) is 18.7 Å². The molecule has 1 saturated heterocycles. The molecule has 0 saturated carbocycles. The number of nitrogens with one attached hydrogen (secondary N) is 1. The monoisotopic (exact) mass is 165 g/mol. The molecule has 64 valence electrons. The van der Waals surface area contributed by atoms with Crippen LogP contribution in [0.3, 0.4) is 0 Å². The van der Waals surface area contributed by atoms with Gasteiger partial charge < -0.3 is 10.1 Å². The largest absolute Gasteiger partial charge is 0.490 e. The first-order valence-electron chi connectivity index (χ1n) is 4.03. The van der Waals surface area contributed by atoms with Gasteiger partial charge in [0.2, 0.25) is 0 Å². The molecule has 1 fully saturated rings. The second kappa shape index (κ2) is 3.49. The van der Waals surface area contributed by atoms with E-state index in [9.17, 15) is 0 Å². The number of hydrogen-bond donors (Lipinski definition) is 1. The van der Waals surface area contributed by atoms with E-state index >= 15 is 0 Å². The van der Waals surface area contributed by atoms with Gasteiger partial charge in [0.15, 0.2) is 5.75 Å². The third kappa shape index (κ3) is 1.71. The topological polar surface area (TPSA) is 47.0 Å². The zero-order chi connectivity index (χ0) is 8.23. The first-order valence-corrected chi connectivity index (χ1v) is 4.03. The van der Waals surface area contributed by atoms with Crippen molar-refractivity contribution in [3.63, 3.8) is 0 Å². The first kappa shape index (κ1) is 7.49. The molecular formula is C8H11N3O. The Bertz CT molecular complexity index is 235. The molecule has 0 spiro atoms. The molecule has 4 heteroatoms. The summed E-state index contributed by atoms with van der Waals surface area (Å²) in [6, 6.07) is 0. The Morgan fingerprint density at radius 3 is 2.75 bits per heavy atom. The summed E-state index contributed by atoms with van der Waals surface area (Å²) in [4.78, 5) is 7.71. The van der Waals surface area contributed by atoms with Gasteiger partial charge in [-0.15, -0.1) is 0 Å². The maximum atomic E-state index is 5.44. The summed E-state index contributed by atoms with van der Waals surface area (Å²) in [6.07, 6.45) is 4.86. The van der Waals surface area contributed by atoms with E-state index in [1.54, 1.807) is 12.4 Å². The van der Waals surface area contributed by atoms with Crippen LogP contribution >= 0.6 is 0 Å². The van der Waals surface area contributed by atoms with E-state index in [1.807, 2.05) is 0 Å². The number of hydrogen-bond acceptors (Lipinski definition) is 4. The van der Waals surface area contributed by atoms with Gasteiger partial charge in [-0.25, -0.2) is 9.97 Å². The summed E-state index contributed by atoms with van der Waals surface area (Å²) in [5.41, 5.74) is 0. The van der Waals surface area contributed by atoms with E-state index < -0.39 is 0 Å². The molecular weight excluding hydrogens is 154 g/mol. The zero-order valence-corrected chi connectivity index (χ0v) is 6.73. The molecule has 1 aliphatic rings. The summed E-state index contributed by atoms with van der Waals surface area (Å²) >= 11 is 0. The maximum Gasteiger partial charge on any atom is 0.155 e. The molecule has 4 nitrogen and oxygen atoms in total. The van der Waals surface area contributed by atoms with Gasteiger partial charge in [-0.3, -0.25) is 0 Å². The Hall–Kier alpha value is -1.16. The molecule has 0 amide bonds. The predicted octanol–water partition coefficient (Wildman–Crippen LogP) is 0.0748. The van der Waals surface area contributed by atoms with Crippen LogP contribution in [0.1, 0.15) is 0 Å². The number of nitrogens with zero attached hydrogens (tertiary/aromatic N) is 2. The Kier molecular flexibility index (Phi) is 2.18. The van der Waals surface area contributed by atoms with Gasteiger partial charge in [-0.05, 0) is 0 Å². The van der Waals surface area contributed by atoms with Gasteiger partial charge in [0.25, 0.3) is 0 Å². The van der Waals surface area contributed by atoms with Crippen molar-refractivity contribution in [1.82, 2.24) is 15.3 Å². The van der Waals surface area contributed by atoms with Crippen molar-refractivity contribution in [3.8, 4) is 5.75 Å². The molecule has 1 N–H and O–H groups in total. The molecule has 0 aromatic carbocycles. The van der Waals surface area contributed by atoms with Crippen molar-refractivity contribution < 1.29 is 4.74 Å². The normalized spacial score (nSPS) is 17.0. The molecule has 2 heterocycles. The standard InChI is InChI=1S/C8H11N3O/c1-7(2-9-1)5-12-8-3-10-6-11-4-8/h3-4,6-7,9H,1-2,5H2. The van der Waals surface area contributed by atoms with Gasteiger partial charge in [0.05, 0.1) is 19.0 Å². The molecule has 0 bridgehead atoms. The predicted molar refractivity (Wildman–Crippen MR) is 43.9 cm³/mol. The van der Waals surface area contributed by atoms with Crippen LogP contribution in [-0.4, -0.2) is 29.7 Å². The first-order chi connectivity index (χ1) is 5.95. The second-order valence-electron chi connectivity index (χ2n) is 2.91. The minimum atomic E-state index is 0.658. The van der Waals surface area contributed by atoms with Crippen LogP contribution in [0, 0.1) is 5.92 Å². The Balaban J connectivity index is 1.79. The van der Waals surface area contributed by atoms with Crippen molar-refractivity contribution in [2.45, 2.75) is 0 Å². The third-order valence-electron chi connectivity index (χ3n) is 1.89. The Labute approximate surface area is 71.0 Å². The Morgan fingerprint density at radius 1 is 1.42 bits per heavy atom. The zero-order valence-electron chi connectivity index (χ0n) is 6.73. The minimum absolute atomic E-state index is 0.658. The second-order valence-corrected chi connectivity index (χ2v) is 2.91. The van der Waals surface area contributed by atoms with Crippen molar-refractivity contribution in [1.29, 1.82) is 0 Å². The van der Waals surface area contributed by atoms with Gasteiger partial charge in [0, 0.05) is 19.0 Å². The molecule has 12 heavy (non-hydrogen) atoms. The molecule has 1 aliphatic heterocycles. The van der Waals surface area contributed by atoms with Crippen LogP contribution in [-0.2, 0) is 0 Å². The fourth-order valence-corrected chi connectivity index (χ4v) is 1.04. The van der Waals surface area contributed by atoms with Crippen LogP contribution in [0.25, 0.3) is 0 Å². The van der Waals surface area contributed by atoms with Gasteiger partial charge in [-0.1, -0.05) is 0 Å². The van der Waals surface area contributed by atoms with E-state index in [1.165, 1.54) is 6.33 Å². The van der Waals surface area contributed by atoms with Crippen LogP contribution in [0.5, 0.6) is 5.75 Å². The molecule has 0 radical (unpaired) electrons. The highest BCUT2D eigenvalue weighted by atomic mass is 16.5. The summed E-state index contributed by atoms with van der Waals surface area (Å²) in [7, 11) is 0. The highest BCUT2D eigenvalue weighted by Gasteiger charge is 2.16. The van der Waals surface area contributed by atoms with Crippen molar-refractivity contribution in [3.05, 3.63) is 18.7 Å². The van der Waals surface area contributed by atoms with E-state index in [4.69, 9.17) is 4.74 Å². The summed E-state index contributed by atoms with van der Waals surface area (Å²) in [6.45, 7) is 2.89. The lowest BCUT2D eigenvalue weighted by Crippen LogP contribution is -2.45. The van der Waals surface area contributed by atoms with Crippen LogP contribution in [0.2, 0.25) is 0 Å². The van der Waals surface area contributed by atoms with Gasteiger partial charge in [0.1, 0.15) is 6.33 Å². The summed E-state index contributed by atoms with van der Waals surface area (Å²) in [5, 5.41) is 3.19. The van der Waals surface area contributed by atoms with Gasteiger partial charge >= 0.3 is 0 Å². The number of rotatable bonds is 3. The maximum absolute atomic E-state index is 5.44. The van der Waals surface area contributed by atoms with Crippen molar-refractivity contribution in [2.75, 3.05) is 19.7 Å². The number of ether oxygens (including phenoxy) is 1. The molecule has 1 aromatic heterocycles. The lowest BCUT2D eigenvalue weighted by Gasteiger charge is -2.26. The highest BCUT2D eigenvalue weighted by Crippen LogP contribution is 2.08. The van der Waals surface area contributed by atoms with Crippen molar-refractivity contribution >= 4 is 0 Å². The average molecular weight is 165 g/mol. The molecule has 1 aromatic rings. The van der Waals surface area contributed by atoms with Crippen LogP contribution < -0.4 is 10.1 Å². The Morgan fingerprint density at radius 2 is 2.17 bits per heavy atom. The molecule has 2 rings (SSSR count). The smallest absolute Gasteiger partial charge is 0.155 e. The average Bonchev–Trinajstić information content (AvgIpc) is 2.04. The lowest BCUT2D eigenvalue weighted by atomic mass is 10.1. The fraction of sp³-hybridized carbons (Fsp3) is 0.500. The van der Waals surface area contributed by atoms with Gasteiger partial charge in [-0.2, -0.15) is 0 Å². The highest BCUT2D eigenvalue weighted by molar-refractivity contribution is 5.09. The molecule has 0 aliphatic carbocycles. The third-order valence-corrected chi connectivity index (χ3v) is 1.89. The number of aromatic nitrogens is 2. The minimum Gasteiger partial charge on any atom is -0.490 e. The van der Waals surface area contributed by atoms with E-state index in [0.29, 0.717) is 5.92 Å². The lowest BCUT2D eigenvalue weighted by molar-refractivity contribution is 0.198. The van der Waals surface area contributed by atoms with Crippen molar-refractivity contribution in [2.24, 2.45) is 5.92 Å². The van der Waals surface area contributed by atoms with E-state index in [-0.39, 0.29) is 0 Å². The van der Waals surface area contributed by atoms with E-state index in [2.05, 4.69) is 15.3 Å².